The molecule has 0 aliphatic rings. The fraction of sp³-hybridized carbons (Fsp3) is 0.100. The Bertz CT molecular complexity index is 1100. The second kappa shape index (κ2) is 7.28. The van der Waals surface area contributed by atoms with Gasteiger partial charge in [-0.25, -0.2) is 4.98 Å². The summed E-state index contributed by atoms with van der Waals surface area (Å²) in [5.41, 5.74) is 2.74. The van der Waals surface area contributed by atoms with E-state index in [2.05, 4.69) is 26.2 Å². The van der Waals surface area contributed by atoms with Gasteiger partial charge in [0.1, 0.15) is 11.3 Å². The molecular weight excluding hydrogens is 412 g/mol. The summed E-state index contributed by atoms with van der Waals surface area (Å²) in [6.45, 7) is 2.56. The van der Waals surface area contributed by atoms with E-state index in [1.807, 2.05) is 31.2 Å². The Labute approximate surface area is 163 Å². The normalized spacial score (nSPS) is 10.9. The van der Waals surface area contributed by atoms with Crippen LogP contribution in [0.3, 0.4) is 0 Å². The Balaban J connectivity index is 1.57. The van der Waals surface area contributed by atoms with Gasteiger partial charge in [-0.2, -0.15) is 0 Å². The van der Waals surface area contributed by atoms with E-state index in [4.69, 9.17) is 13.6 Å². The Morgan fingerprint density at radius 3 is 2.63 bits per heavy atom. The fourth-order valence-electron chi connectivity index (χ4n) is 2.62. The first-order valence-electron chi connectivity index (χ1n) is 8.33. The van der Waals surface area contributed by atoms with Crippen LogP contribution in [0, 0.1) is 0 Å². The largest absolute Gasteiger partial charge is 0.494 e. The van der Waals surface area contributed by atoms with E-state index >= 15 is 0 Å². The summed E-state index contributed by atoms with van der Waals surface area (Å²) in [4.78, 5) is 16.7. The summed E-state index contributed by atoms with van der Waals surface area (Å²) in [6, 6.07) is 16.1. The highest BCUT2D eigenvalue weighted by molar-refractivity contribution is 9.10. The smallest absolute Gasteiger partial charge is 0.291 e. The molecule has 1 amide bonds. The van der Waals surface area contributed by atoms with Crippen LogP contribution in [0.5, 0.6) is 5.75 Å². The predicted molar refractivity (Wildman–Crippen MR) is 105 cm³/mol. The number of furan rings is 1. The van der Waals surface area contributed by atoms with Gasteiger partial charge >= 0.3 is 0 Å². The zero-order chi connectivity index (χ0) is 18.8. The van der Waals surface area contributed by atoms with E-state index < -0.39 is 0 Å². The molecule has 0 aliphatic heterocycles. The number of fused-ring (bicyclic) bond motifs is 1. The van der Waals surface area contributed by atoms with Crippen LogP contribution in [-0.4, -0.2) is 17.5 Å². The molecule has 27 heavy (non-hydrogen) atoms. The highest BCUT2D eigenvalue weighted by atomic mass is 79.9. The number of nitrogens with zero attached hydrogens (tertiary/aromatic N) is 1. The lowest BCUT2D eigenvalue weighted by atomic mass is 10.2. The van der Waals surface area contributed by atoms with E-state index in [9.17, 15) is 4.79 Å². The van der Waals surface area contributed by atoms with Crippen molar-refractivity contribution in [1.82, 2.24) is 4.98 Å². The quantitative estimate of drug-likeness (QED) is 0.455. The minimum Gasteiger partial charge on any atom is -0.494 e. The highest BCUT2D eigenvalue weighted by Crippen LogP contribution is 2.28. The number of aromatic nitrogens is 1. The van der Waals surface area contributed by atoms with Gasteiger partial charge in [-0.1, -0.05) is 0 Å². The molecule has 136 valence electrons. The summed E-state index contributed by atoms with van der Waals surface area (Å²) < 4.78 is 17.0. The highest BCUT2D eigenvalue weighted by Gasteiger charge is 2.13. The van der Waals surface area contributed by atoms with Crippen LogP contribution in [0.25, 0.3) is 22.6 Å². The molecule has 0 saturated carbocycles. The van der Waals surface area contributed by atoms with Gasteiger partial charge in [0.2, 0.25) is 5.89 Å². The average molecular weight is 427 g/mol. The van der Waals surface area contributed by atoms with Crippen LogP contribution in [0.2, 0.25) is 0 Å². The molecule has 0 atom stereocenters. The number of ether oxygens (including phenoxy) is 1. The molecule has 0 unspecified atom stereocenters. The van der Waals surface area contributed by atoms with Gasteiger partial charge in [0.15, 0.2) is 16.0 Å². The van der Waals surface area contributed by atoms with Crippen molar-refractivity contribution in [2.45, 2.75) is 6.92 Å². The topological polar surface area (TPSA) is 77.5 Å². The standard InChI is InChI=1S/C20H15BrN2O4/c1-2-25-14-6-3-12(4-7-14)20-23-15-11-13(5-8-16(15)27-20)22-19(24)17-9-10-18(21)26-17/h3-11H,2H2,1H3,(H,22,24). The number of nitrogens with one attached hydrogen (secondary N) is 1. The number of benzene rings is 2. The first kappa shape index (κ1) is 17.4. The molecule has 0 spiro atoms. The summed E-state index contributed by atoms with van der Waals surface area (Å²) in [5, 5.41) is 2.78. The minimum absolute atomic E-state index is 0.220. The molecule has 7 heteroatoms. The van der Waals surface area contributed by atoms with Crippen molar-refractivity contribution >= 4 is 38.6 Å². The molecule has 2 aromatic heterocycles. The minimum atomic E-state index is -0.338. The van der Waals surface area contributed by atoms with Crippen molar-refractivity contribution in [1.29, 1.82) is 0 Å². The molecule has 0 fully saturated rings. The third kappa shape index (κ3) is 3.73. The third-order valence-corrected chi connectivity index (χ3v) is 4.28. The number of rotatable bonds is 5. The van der Waals surface area contributed by atoms with Gasteiger partial charge < -0.3 is 18.9 Å². The van der Waals surface area contributed by atoms with E-state index in [0.29, 0.717) is 34.0 Å². The van der Waals surface area contributed by atoms with Crippen molar-refractivity contribution in [2.24, 2.45) is 0 Å². The van der Waals surface area contributed by atoms with E-state index in [1.54, 1.807) is 30.3 Å². The maximum Gasteiger partial charge on any atom is 0.291 e. The number of amides is 1. The monoisotopic (exact) mass is 426 g/mol. The molecule has 0 radical (unpaired) electrons. The van der Waals surface area contributed by atoms with Crippen LogP contribution >= 0.6 is 15.9 Å². The van der Waals surface area contributed by atoms with Crippen molar-refractivity contribution in [3.8, 4) is 17.2 Å². The molecule has 2 heterocycles. The van der Waals surface area contributed by atoms with Gasteiger partial charge in [-0.15, -0.1) is 0 Å². The van der Waals surface area contributed by atoms with Gasteiger partial charge in [0.25, 0.3) is 5.91 Å². The predicted octanol–water partition coefficient (Wildman–Crippen LogP) is 5.50. The summed E-state index contributed by atoms with van der Waals surface area (Å²) in [7, 11) is 0. The fourth-order valence-corrected chi connectivity index (χ4v) is 2.92. The Kier molecular flexibility index (Phi) is 4.68. The van der Waals surface area contributed by atoms with E-state index in [1.165, 1.54) is 0 Å². The van der Waals surface area contributed by atoms with Crippen molar-refractivity contribution in [2.75, 3.05) is 11.9 Å². The number of oxazole rings is 1. The van der Waals surface area contributed by atoms with Crippen molar-refractivity contribution in [3.05, 3.63) is 65.0 Å². The van der Waals surface area contributed by atoms with Gasteiger partial charge in [0, 0.05) is 11.3 Å². The van der Waals surface area contributed by atoms with Crippen molar-refractivity contribution < 1.29 is 18.4 Å². The van der Waals surface area contributed by atoms with Crippen molar-refractivity contribution in [3.63, 3.8) is 0 Å². The molecule has 0 aliphatic carbocycles. The summed E-state index contributed by atoms with van der Waals surface area (Å²) >= 11 is 3.18. The molecule has 2 aromatic carbocycles. The third-order valence-electron chi connectivity index (χ3n) is 3.85. The number of hydrogen-bond donors (Lipinski definition) is 1. The van der Waals surface area contributed by atoms with E-state index in [-0.39, 0.29) is 11.7 Å². The van der Waals surface area contributed by atoms with Crippen LogP contribution in [0.4, 0.5) is 5.69 Å². The Morgan fingerprint density at radius 2 is 1.93 bits per heavy atom. The lowest BCUT2D eigenvalue weighted by molar-refractivity contribution is 0.0995. The van der Waals surface area contributed by atoms with Crippen LogP contribution in [-0.2, 0) is 0 Å². The molecule has 4 rings (SSSR count). The maximum atomic E-state index is 12.2. The van der Waals surface area contributed by atoms with Gasteiger partial charge in [-0.05, 0) is 77.5 Å². The average Bonchev–Trinajstić information content (AvgIpc) is 3.28. The molecule has 1 N–H and O–H groups in total. The number of carbonyl (C=O) groups is 1. The van der Waals surface area contributed by atoms with E-state index in [0.717, 1.165) is 11.3 Å². The molecule has 6 nitrogen and oxygen atoms in total. The number of halogens is 1. The first-order valence-corrected chi connectivity index (χ1v) is 9.12. The molecular formula is C20H15BrN2O4. The summed E-state index contributed by atoms with van der Waals surface area (Å²) in [6.07, 6.45) is 0. The molecule has 0 bridgehead atoms. The lowest BCUT2D eigenvalue weighted by Gasteiger charge is -2.02. The number of carbonyl (C=O) groups excluding carboxylic acids is 1. The SMILES string of the molecule is CCOc1ccc(-c2nc3cc(NC(=O)c4ccc(Br)o4)ccc3o2)cc1. The maximum absolute atomic E-state index is 12.2. The lowest BCUT2D eigenvalue weighted by Crippen LogP contribution is -2.10. The zero-order valence-corrected chi connectivity index (χ0v) is 15.9. The van der Waals surface area contributed by atoms with Crippen LogP contribution < -0.4 is 10.1 Å². The number of hydrogen-bond acceptors (Lipinski definition) is 5. The Morgan fingerprint density at radius 1 is 1.11 bits per heavy atom. The first-order chi connectivity index (χ1) is 13.1. The number of anilines is 1. The summed E-state index contributed by atoms with van der Waals surface area (Å²) in [5.74, 6) is 1.19. The second-order valence-electron chi connectivity index (χ2n) is 5.72. The van der Waals surface area contributed by atoms with Crippen LogP contribution in [0.1, 0.15) is 17.5 Å². The van der Waals surface area contributed by atoms with Crippen LogP contribution in [0.15, 0.2) is 68.1 Å². The van der Waals surface area contributed by atoms with Gasteiger partial charge in [0.05, 0.1) is 6.61 Å². The molecule has 0 saturated heterocycles. The Hall–Kier alpha value is -3.06. The zero-order valence-electron chi connectivity index (χ0n) is 14.4. The second-order valence-corrected chi connectivity index (χ2v) is 6.50. The molecule has 4 aromatic rings. The van der Waals surface area contributed by atoms with Gasteiger partial charge in [-0.3, -0.25) is 4.79 Å².